The monoisotopic (exact) mass is 364 g/mol. The molecule has 26 heavy (non-hydrogen) atoms. The number of carboxylic acid groups (broad SMARTS) is 1. The lowest BCUT2D eigenvalue weighted by molar-refractivity contribution is -0.187. The molecule has 1 unspecified atom stereocenters. The van der Waals surface area contributed by atoms with E-state index in [1.54, 1.807) is 6.07 Å². The lowest BCUT2D eigenvalue weighted by Crippen LogP contribution is -2.40. The molecule has 0 spiro atoms. The number of halogens is 3. The standard InChI is InChI=1S/C19H15F3O4/c1-25-14-8-12(7-11-5-3-2-4-6-11)16-13(9-14)10-15(18(23)24)17(26-16)19(20,21)22/h2-6,8-10,17H,7H2,1H3,(H,23,24). The molecule has 0 bridgehead atoms. The highest BCUT2D eigenvalue weighted by molar-refractivity contribution is 5.95. The topological polar surface area (TPSA) is 55.8 Å². The minimum Gasteiger partial charge on any atom is -0.497 e. The van der Waals surface area contributed by atoms with Gasteiger partial charge in [0, 0.05) is 17.5 Å². The smallest absolute Gasteiger partial charge is 0.430 e. The van der Waals surface area contributed by atoms with Gasteiger partial charge in [-0.15, -0.1) is 0 Å². The number of carboxylic acids is 1. The van der Waals surface area contributed by atoms with E-state index >= 15 is 0 Å². The summed E-state index contributed by atoms with van der Waals surface area (Å²) in [5.41, 5.74) is 0.751. The molecule has 0 amide bonds. The maximum absolute atomic E-state index is 13.3. The number of alkyl halides is 3. The van der Waals surface area contributed by atoms with E-state index in [2.05, 4.69) is 0 Å². The highest BCUT2D eigenvalue weighted by atomic mass is 19.4. The zero-order chi connectivity index (χ0) is 18.9. The van der Waals surface area contributed by atoms with Gasteiger partial charge in [0.1, 0.15) is 11.5 Å². The Morgan fingerprint density at radius 1 is 1.23 bits per heavy atom. The number of benzene rings is 2. The van der Waals surface area contributed by atoms with Gasteiger partial charge in [0.05, 0.1) is 12.7 Å². The van der Waals surface area contributed by atoms with E-state index in [1.165, 1.54) is 13.2 Å². The van der Waals surface area contributed by atoms with Crippen LogP contribution in [-0.2, 0) is 11.2 Å². The molecule has 0 aliphatic carbocycles. The summed E-state index contributed by atoms with van der Waals surface area (Å²) in [6.07, 6.45) is -6.04. The molecule has 1 aliphatic heterocycles. The number of rotatable bonds is 4. The molecule has 0 fully saturated rings. The van der Waals surface area contributed by atoms with Crippen LogP contribution in [0.2, 0.25) is 0 Å². The first kappa shape index (κ1) is 17.8. The van der Waals surface area contributed by atoms with Crippen LogP contribution in [0.3, 0.4) is 0 Å². The van der Waals surface area contributed by atoms with Crippen LogP contribution >= 0.6 is 0 Å². The van der Waals surface area contributed by atoms with Gasteiger partial charge < -0.3 is 14.6 Å². The molecule has 4 nitrogen and oxygen atoms in total. The summed E-state index contributed by atoms with van der Waals surface area (Å²) < 4.78 is 50.2. The first-order valence-corrected chi connectivity index (χ1v) is 7.72. The van der Waals surface area contributed by atoms with Gasteiger partial charge in [-0.05, 0) is 23.8 Å². The second-order valence-electron chi connectivity index (χ2n) is 5.81. The van der Waals surface area contributed by atoms with Gasteiger partial charge in [0.15, 0.2) is 0 Å². The Morgan fingerprint density at radius 2 is 1.92 bits per heavy atom. The Kier molecular flexibility index (Phi) is 4.63. The SMILES string of the molecule is COc1cc2c(c(Cc3ccccc3)c1)OC(C(F)(F)F)C(C(=O)O)=C2. The predicted octanol–water partition coefficient (Wildman–Crippen LogP) is 4.08. The lowest BCUT2D eigenvalue weighted by Gasteiger charge is -2.29. The summed E-state index contributed by atoms with van der Waals surface area (Å²) in [6, 6.07) is 12.2. The molecule has 3 rings (SSSR count). The zero-order valence-electron chi connectivity index (χ0n) is 13.7. The van der Waals surface area contributed by atoms with E-state index in [1.807, 2.05) is 30.3 Å². The molecule has 0 saturated heterocycles. The highest BCUT2D eigenvalue weighted by Crippen LogP contribution is 2.41. The summed E-state index contributed by atoms with van der Waals surface area (Å²) in [5.74, 6) is -1.25. The van der Waals surface area contributed by atoms with Gasteiger partial charge in [-0.25, -0.2) is 4.79 Å². The Hall–Kier alpha value is -2.96. The van der Waals surface area contributed by atoms with Crippen LogP contribution in [0.5, 0.6) is 11.5 Å². The number of carbonyl (C=O) groups is 1. The summed E-state index contributed by atoms with van der Waals surface area (Å²) in [5, 5.41) is 9.15. The van der Waals surface area contributed by atoms with Crippen molar-refractivity contribution in [3.8, 4) is 11.5 Å². The van der Waals surface area contributed by atoms with Crippen LogP contribution < -0.4 is 9.47 Å². The zero-order valence-corrected chi connectivity index (χ0v) is 13.7. The molecule has 0 aromatic heterocycles. The van der Waals surface area contributed by atoms with Crippen molar-refractivity contribution in [3.63, 3.8) is 0 Å². The second-order valence-corrected chi connectivity index (χ2v) is 5.81. The van der Waals surface area contributed by atoms with Gasteiger partial charge in [0.2, 0.25) is 6.10 Å². The summed E-state index contributed by atoms with van der Waals surface area (Å²) in [7, 11) is 1.43. The maximum atomic E-state index is 13.3. The van der Waals surface area contributed by atoms with E-state index in [4.69, 9.17) is 14.6 Å². The molecule has 2 aromatic carbocycles. The highest BCUT2D eigenvalue weighted by Gasteiger charge is 2.48. The number of ether oxygens (including phenoxy) is 2. The summed E-state index contributed by atoms with van der Waals surface area (Å²) in [4.78, 5) is 11.3. The van der Waals surface area contributed by atoms with Crippen molar-refractivity contribution in [1.29, 1.82) is 0 Å². The van der Waals surface area contributed by atoms with E-state index in [0.717, 1.165) is 11.6 Å². The van der Waals surface area contributed by atoms with Crippen LogP contribution in [0.1, 0.15) is 16.7 Å². The Bertz CT molecular complexity index is 857. The molecule has 2 aromatic rings. The van der Waals surface area contributed by atoms with Crippen molar-refractivity contribution in [2.75, 3.05) is 7.11 Å². The first-order chi connectivity index (χ1) is 12.3. The molecule has 136 valence electrons. The van der Waals surface area contributed by atoms with Crippen molar-refractivity contribution in [3.05, 3.63) is 64.7 Å². The van der Waals surface area contributed by atoms with Crippen molar-refractivity contribution < 1.29 is 32.5 Å². The fourth-order valence-corrected chi connectivity index (χ4v) is 2.84. The molecule has 0 radical (unpaired) electrons. The van der Waals surface area contributed by atoms with E-state index in [9.17, 15) is 18.0 Å². The van der Waals surface area contributed by atoms with E-state index in [-0.39, 0.29) is 11.3 Å². The van der Waals surface area contributed by atoms with E-state index < -0.39 is 23.8 Å². The van der Waals surface area contributed by atoms with Crippen LogP contribution in [0.25, 0.3) is 6.08 Å². The van der Waals surface area contributed by atoms with E-state index in [0.29, 0.717) is 17.7 Å². The fourth-order valence-electron chi connectivity index (χ4n) is 2.84. The number of hydrogen-bond donors (Lipinski definition) is 1. The van der Waals surface area contributed by atoms with Gasteiger partial charge in [-0.1, -0.05) is 30.3 Å². The third kappa shape index (κ3) is 3.51. The molecular weight excluding hydrogens is 349 g/mol. The molecular formula is C19H15F3O4. The quantitative estimate of drug-likeness (QED) is 0.888. The second kappa shape index (κ2) is 6.74. The minimum atomic E-state index is -4.84. The molecule has 1 N–H and O–H groups in total. The van der Waals surface area contributed by atoms with Crippen molar-refractivity contribution >= 4 is 12.0 Å². The molecule has 7 heteroatoms. The minimum absolute atomic E-state index is 0.0157. The largest absolute Gasteiger partial charge is 0.497 e. The number of aliphatic carboxylic acids is 1. The maximum Gasteiger partial charge on any atom is 0.430 e. The van der Waals surface area contributed by atoms with Crippen LogP contribution in [0, 0.1) is 0 Å². The average Bonchev–Trinajstić information content (AvgIpc) is 2.60. The Labute approximate surface area is 147 Å². The van der Waals surface area contributed by atoms with Crippen LogP contribution in [0.15, 0.2) is 48.0 Å². The Morgan fingerprint density at radius 3 is 2.50 bits per heavy atom. The number of fused-ring (bicyclic) bond motifs is 1. The molecule has 1 aliphatic rings. The van der Waals surface area contributed by atoms with Crippen LogP contribution in [0.4, 0.5) is 13.2 Å². The Balaban J connectivity index is 2.12. The van der Waals surface area contributed by atoms with Crippen molar-refractivity contribution in [1.82, 2.24) is 0 Å². The summed E-state index contributed by atoms with van der Waals surface area (Å²) >= 11 is 0. The number of methoxy groups -OCH3 is 1. The third-order valence-corrected chi connectivity index (χ3v) is 4.01. The molecule has 1 heterocycles. The predicted molar refractivity (Wildman–Crippen MR) is 88.3 cm³/mol. The normalized spacial score (nSPS) is 16.3. The van der Waals surface area contributed by atoms with Gasteiger partial charge in [-0.2, -0.15) is 13.2 Å². The number of hydrogen-bond acceptors (Lipinski definition) is 3. The average molecular weight is 364 g/mol. The van der Waals surface area contributed by atoms with Gasteiger partial charge in [0.25, 0.3) is 0 Å². The molecule has 1 atom stereocenters. The van der Waals surface area contributed by atoms with Crippen LogP contribution in [-0.4, -0.2) is 30.5 Å². The van der Waals surface area contributed by atoms with Crippen molar-refractivity contribution in [2.45, 2.75) is 18.7 Å². The first-order valence-electron chi connectivity index (χ1n) is 7.72. The summed E-state index contributed by atoms with van der Waals surface area (Å²) in [6.45, 7) is 0. The molecule has 0 saturated carbocycles. The lowest BCUT2D eigenvalue weighted by atomic mass is 9.95. The third-order valence-electron chi connectivity index (χ3n) is 4.01. The fraction of sp³-hybridized carbons (Fsp3) is 0.211. The van der Waals surface area contributed by atoms with Gasteiger partial charge >= 0.3 is 12.1 Å². The van der Waals surface area contributed by atoms with Crippen molar-refractivity contribution in [2.24, 2.45) is 0 Å². The van der Waals surface area contributed by atoms with Gasteiger partial charge in [-0.3, -0.25) is 0 Å².